The monoisotopic (exact) mass is 328 g/mol. The Morgan fingerprint density at radius 2 is 2.17 bits per heavy atom. The minimum absolute atomic E-state index is 0.107. The Labute approximate surface area is 141 Å². The molecule has 2 aliphatic heterocycles. The van der Waals surface area contributed by atoms with E-state index in [1.807, 2.05) is 24.3 Å². The lowest BCUT2D eigenvalue weighted by Crippen LogP contribution is -2.51. The normalized spacial score (nSPS) is 24.2. The Bertz CT molecular complexity index is 720. The molecule has 0 aromatic carbocycles. The van der Waals surface area contributed by atoms with Crippen LogP contribution >= 0.6 is 0 Å². The zero-order chi connectivity index (χ0) is 16.5. The van der Waals surface area contributed by atoms with Gasteiger partial charge >= 0.3 is 0 Å². The topological polar surface area (TPSA) is 68.0 Å². The number of aryl methyl sites for hydroxylation is 2. The third-order valence-electron chi connectivity index (χ3n) is 5.12. The molecule has 0 aliphatic carbocycles. The second-order valence-electron chi connectivity index (χ2n) is 6.78. The highest BCUT2D eigenvalue weighted by atomic mass is 16.2. The Hall–Kier alpha value is -2.15. The van der Waals surface area contributed by atoms with E-state index in [1.54, 1.807) is 10.9 Å². The summed E-state index contributed by atoms with van der Waals surface area (Å²) in [5.74, 6) is 1.71. The number of hydrogen-bond donors (Lipinski definition) is 1. The summed E-state index contributed by atoms with van der Waals surface area (Å²) >= 11 is 0. The molecule has 4 heterocycles. The van der Waals surface area contributed by atoms with E-state index in [4.69, 9.17) is 0 Å². The minimum Gasteiger partial charge on any atom is -0.335 e. The second kappa shape index (κ2) is 6.39. The number of carbonyl (C=O) groups excluding carboxylic acids is 1. The number of hydrogen-bond acceptors (Lipinski definition) is 4. The van der Waals surface area contributed by atoms with Crippen LogP contribution < -0.4 is 10.2 Å². The van der Waals surface area contributed by atoms with Crippen LogP contribution in [0.25, 0.3) is 0 Å². The maximum Gasteiger partial charge on any atom is 0.244 e. The van der Waals surface area contributed by atoms with Crippen LogP contribution in [-0.2, 0) is 18.4 Å². The molecular formula is C17H24N6O. The van der Waals surface area contributed by atoms with Crippen LogP contribution in [0.2, 0.25) is 0 Å². The van der Waals surface area contributed by atoms with E-state index in [0.29, 0.717) is 5.92 Å². The lowest BCUT2D eigenvalue weighted by molar-refractivity contribution is -0.121. The van der Waals surface area contributed by atoms with Gasteiger partial charge in [-0.25, -0.2) is 4.98 Å². The van der Waals surface area contributed by atoms with Gasteiger partial charge in [0, 0.05) is 51.2 Å². The number of aromatic nitrogens is 4. The first-order valence-corrected chi connectivity index (χ1v) is 8.77. The van der Waals surface area contributed by atoms with Gasteiger partial charge in [-0.2, -0.15) is 5.10 Å². The Kier molecular flexibility index (Phi) is 4.10. The van der Waals surface area contributed by atoms with Crippen molar-refractivity contribution < 1.29 is 4.79 Å². The Morgan fingerprint density at radius 1 is 1.29 bits per heavy atom. The third-order valence-corrected chi connectivity index (χ3v) is 5.12. The van der Waals surface area contributed by atoms with Crippen LogP contribution in [0.1, 0.15) is 37.4 Å². The SMILES string of the molecule is Cn1cc(N2CCC[C@@H](NC[C@@H]3CCCn4ccnc43)C2=O)cn1. The lowest BCUT2D eigenvalue weighted by atomic mass is 9.97. The van der Waals surface area contributed by atoms with Crippen LogP contribution in [0.5, 0.6) is 0 Å². The molecular weight excluding hydrogens is 304 g/mol. The van der Waals surface area contributed by atoms with E-state index in [-0.39, 0.29) is 11.9 Å². The predicted octanol–water partition coefficient (Wildman–Crippen LogP) is 1.28. The molecule has 1 fully saturated rings. The van der Waals surface area contributed by atoms with Crippen molar-refractivity contribution in [1.29, 1.82) is 0 Å². The largest absolute Gasteiger partial charge is 0.335 e. The molecule has 1 saturated heterocycles. The van der Waals surface area contributed by atoms with Gasteiger partial charge in [0.1, 0.15) is 5.82 Å². The van der Waals surface area contributed by atoms with Gasteiger partial charge in [0.05, 0.1) is 17.9 Å². The van der Waals surface area contributed by atoms with Gasteiger partial charge in [-0.3, -0.25) is 9.48 Å². The van der Waals surface area contributed by atoms with Crippen molar-refractivity contribution in [2.45, 2.75) is 44.2 Å². The predicted molar refractivity (Wildman–Crippen MR) is 90.8 cm³/mol. The first-order chi connectivity index (χ1) is 11.7. The fourth-order valence-electron chi connectivity index (χ4n) is 3.85. The zero-order valence-electron chi connectivity index (χ0n) is 14.1. The van der Waals surface area contributed by atoms with Crippen molar-refractivity contribution in [2.24, 2.45) is 7.05 Å². The van der Waals surface area contributed by atoms with E-state index in [2.05, 4.69) is 26.2 Å². The van der Waals surface area contributed by atoms with Crippen LogP contribution in [0.4, 0.5) is 5.69 Å². The van der Waals surface area contributed by atoms with E-state index in [0.717, 1.165) is 50.4 Å². The molecule has 128 valence electrons. The average molecular weight is 328 g/mol. The molecule has 2 aromatic heterocycles. The fraction of sp³-hybridized carbons (Fsp3) is 0.588. The Morgan fingerprint density at radius 3 is 3.00 bits per heavy atom. The number of piperidine rings is 1. The quantitative estimate of drug-likeness (QED) is 0.918. The lowest BCUT2D eigenvalue weighted by Gasteiger charge is -2.33. The summed E-state index contributed by atoms with van der Waals surface area (Å²) in [5, 5.41) is 7.69. The molecule has 0 spiro atoms. The van der Waals surface area contributed by atoms with Crippen molar-refractivity contribution in [1.82, 2.24) is 24.6 Å². The zero-order valence-corrected chi connectivity index (χ0v) is 14.1. The van der Waals surface area contributed by atoms with Gasteiger partial charge in [0.2, 0.25) is 5.91 Å². The molecule has 0 unspecified atom stereocenters. The molecule has 4 rings (SSSR count). The molecule has 2 atom stereocenters. The summed E-state index contributed by atoms with van der Waals surface area (Å²) in [7, 11) is 1.87. The third kappa shape index (κ3) is 2.84. The fourth-order valence-corrected chi connectivity index (χ4v) is 3.85. The van der Waals surface area contributed by atoms with Gasteiger partial charge in [-0.1, -0.05) is 0 Å². The molecule has 1 N–H and O–H groups in total. The Balaban J connectivity index is 1.41. The molecule has 0 radical (unpaired) electrons. The molecule has 0 saturated carbocycles. The van der Waals surface area contributed by atoms with Gasteiger partial charge in [-0.05, 0) is 25.7 Å². The molecule has 7 heteroatoms. The number of rotatable bonds is 4. The van der Waals surface area contributed by atoms with Gasteiger partial charge in [0.15, 0.2) is 0 Å². The van der Waals surface area contributed by atoms with Crippen LogP contribution in [0, 0.1) is 0 Å². The van der Waals surface area contributed by atoms with E-state index in [9.17, 15) is 4.79 Å². The van der Waals surface area contributed by atoms with Gasteiger partial charge < -0.3 is 14.8 Å². The number of imidazole rings is 1. The maximum absolute atomic E-state index is 12.8. The summed E-state index contributed by atoms with van der Waals surface area (Å²) in [5.41, 5.74) is 0.891. The molecule has 7 nitrogen and oxygen atoms in total. The highest BCUT2D eigenvalue weighted by Gasteiger charge is 2.31. The van der Waals surface area contributed by atoms with Crippen LogP contribution in [0.15, 0.2) is 24.8 Å². The van der Waals surface area contributed by atoms with Crippen molar-refractivity contribution in [3.63, 3.8) is 0 Å². The standard InChI is InChI=1S/C17H24N6O/c1-21-12-14(11-20-21)23-8-3-5-15(17(23)24)19-10-13-4-2-7-22-9-6-18-16(13)22/h6,9,11-13,15,19H,2-5,7-8,10H2,1H3/t13-,15+/m0/s1. The highest BCUT2D eigenvalue weighted by Crippen LogP contribution is 2.26. The number of nitrogens with one attached hydrogen (secondary N) is 1. The molecule has 24 heavy (non-hydrogen) atoms. The van der Waals surface area contributed by atoms with Crippen molar-refractivity contribution >= 4 is 11.6 Å². The van der Waals surface area contributed by atoms with Crippen LogP contribution in [-0.4, -0.2) is 44.4 Å². The second-order valence-corrected chi connectivity index (χ2v) is 6.78. The average Bonchev–Trinajstić information content (AvgIpc) is 3.23. The summed E-state index contributed by atoms with van der Waals surface area (Å²) < 4.78 is 3.97. The maximum atomic E-state index is 12.8. The van der Waals surface area contributed by atoms with E-state index >= 15 is 0 Å². The number of amides is 1. The molecule has 2 aliphatic rings. The number of carbonyl (C=O) groups is 1. The summed E-state index contributed by atoms with van der Waals surface area (Å²) in [6.45, 7) is 2.65. The highest BCUT2D eigenvalue weighted by molar-refractivity contribution is 5.97. The minimum atomic E-state index is -0.107. The first-order valence-electron chi connectivity index (χ1n) is 8.77. The first kappa shape index (κ1) is 15.4. The van der Waals surface area contributed by atoms with Crippen LogP contribution in [0.3, 0.4) is 0 Å². The molecule has 0 bridgehead atoms. The van der Waals surface area contributed by atoms with Crippen molar-refractivity contribution in [2.75, 3.05) is 18.0 Å². The van der Waals surface area contributed by atoms with Gasteiger partial charge in [0.25, 0.3) is 0 Å². The van der Waals surface area contributed by atoms with Crippen molar-refractivity contribution in [3.8, 4) is 0 Å². The molecule has 2 aromatic rings. The summed E-state index contributed by atoms with van der Waals surface area (Å²) in [4.78, 5) is 19.2. The van der Waals surface area contributed by atoms with Crippen molar-refractivity contribution in [3.05, 3.63) is 30.6 Å². The molecule has 1 amide bonds. The number of fused-ring (bicyclic) bond motifs is 1. The van der Waals surface area contributed by atoms with Gasteiger partial charge in [-0.15, -0.1) is 0 Å². The summed E-state index contributed by atoms with van der Waals surface area (Å²) in [6.07, 6.45) is 11.8. The smallest absolute Gasteiger partial charge is 0.244 e. The number of anilines is 1. The van der Waals surface area contributed by atoms with E-state index in [1.165, 1.54) is 6.42 Å². The number of nitrogens with zero attached hydrogens (tertiary/aromatic N) is 5. The summed E-state index contributed by atoms with van der Waals surface area (Å²) in [6, 6.07) is -0.107. The van der Waals surface area contributed by atoms with E-state index < -0.39 is 0 Å².